The lowest BCUT2D eigenvalue weighted by Gasteiger charge is -2.36. The topological polar surface area (TPSA) is 19.4 Å². The number of hydrogen-bond donors (Lipinski definition) is 0. The molecule has 0 saturated heterocycles. The van der Waals surface area contributed by atoms with Crippen LogP contribution < -0.4 is 9.80 Å². The molecule has 1 aromatic heterocycles. The van der Waals surface area contributed by atoms with E-state index in [1.807, 2.05) is 6.20 Å². The predicted molar refractivity (Wildman–Crippen MR) is 143 cm³/mol. The molecule has 3 heterocycles. The summed E-state index contributed by atoms with van der Waals surface area (Å²) in [5.41, 5.74) is 9.14. The summed E-state index contributed by atoms with van der Waals surface area (Å²) in [6.45, 7) is 2.04. The van der Waals surface area contributed by atoms with Crippen LogP contribution in [0.15, 0.2) is 91.1 Å². The molecule has 0 fully saturated rings. The minimum atomic E-state index is 1.01. The number of fused-ring (bicyclic) bond motifs is 4. The fourth-order valence-corrected chi connectivity index (χ4v) is 6.05. The van der Waals surface area contributed by atoms with Gasteiger partial charge in [-0.15, -0.1) is 0 Å². The summed E-state index contributed by atoms with van der Waals surface area (Å²) in [5, 5.41) is 3.82. The van der Waals surface area contributed by atoms with Crippen LogP contribution in [0.1, 0.15) is 24.0 Å². The van der Waals surface area contributed by atoms with Crippen molar-refractivity contribution in [2.75, 3.05) is 22.9 Å². The highest BCUT2D eigenvalue weighted by molar-refractivity contribution is 6.20. The van der Waals surface area contributed by atoms with E-state index in [1.165, 1.54) is 50.0 Å². The van der Waals surface area contributed by atoms with Crippen LogP contribution in [0.2, 0.25) is 0 Å². The van der Waals surface area contributed by atoms with Gasteiger partial charge in [0.15, 0.2) is 0 Å². The summed E-state index contributed by atoms with van der Waals surface area (Å²) in [7, 11) is 0. The van der Waals surface area contributed by atoms with Crippen molar-refractivity contribution in [2.45, 2.75) is 25.7 Å². The zero-order chi connectivity index (χ0) is 22.5. The predicted octanol–water partition coefficient (Wildman–Crippen LogP) is 7.56. The van der Waals surface area contributed by atoms with Crippen LogP contribution in [0.5, 0.6) is 0 Å². The van der Waals surface area contributed by atoms with Crippen molar-refractivity contribution >= 4 is 44.4 Å². The SMILES string of the molecule is c1ccc2c(c1)CCCN2c1c2ccccc2c(N2CCCc3ccccc32)c2ncccc12. The van der Waals surface area contributed by atoms with Gasteiger partial charge in [0.25, 0.3) is 0 Å². The van der Waals surface area contributed by atoms with E-state index in [4.69, 9.17) is 4.98 Å². The number of benzene rings is 4. The van der Waals surface area contributed by atoms with Crippen LogP contribution >= 0.6 is 0 Å². The van der Waals surface area contributed by atoms with Gasteiger partial charge in [-0.25, -0.2) is 0 Å². The molecule has 3 heteroatoms. The highest BCUT2D eigenvalue weighted by Crippen LogP contribution is 2.48. The number of aryl methyl sites for hydroxylation is 2. The average Bonchev–Trinajstić information content (AvgIpc) is 2.91. The molecule has 4 aromatic carbocycles. The zero-order valence-electron chi connectivity index (χ0n) is 19.2. The Hall–Kier alpha value is -3.85. The maximum absolute atomic E-state index is 5.02. The van der Waals surface area contributed by atoms with Crippen molar-refractivity contribution in [2.24, 2.45) is 0 Å². The molecular formula is C31H27N3. The van der Waals surface area contributed by atoms with Gasteiger partial charge in [-0.1, -0.05) is 60.7 Å². The molecule has 0 bridgehead atoms. The number of para-hydroxylation sites is 2. The number of nitrogens with zero attached hydrogens (tertiary/aromatic N) is 3. The van der Waals surface area contributed by atoms with Crippen LogP contribution in [0.4, 0.5) is 22.7 Å². The number of rotatable bonds is 2. The number of anilines is 4. The summed E-state index contributed by atoms with van der Waals surface area (Å²) < 4.78 is 0. The summed E-state index contributed by atoms with van der Waals surface area (Å²) in [5.74, 6) is 0. The first-order chi connectivity index (χ1) is 16.9. The maximum Gasteiger partial charge on any atom is 0.0966 e. The molecule has 2 aliphatic heterocycles. The normalized spacial score (nSPS) is 15.4. The Bertz CT molecular complexity index is 1360. The molecule has 0 unspecified atom stereocenters. The van der Waals surface area contributed by atoms with E-state index in [1.54, 1.807) is 0 Å². The molecule has 7 rings (SSSR count). The Kier molecular flexibility index (Phi) is 4.54. The van der Waals surface area contributed by atoms with Gasteiger partial charge in [-0.05, 0) is 61.1 Å². The van der Waals surface area contributed by atoms with Crippen molar-refractivity contribution in [1.82, 2.24) is 4.98 Å². The van der Waals surface area contributed by atoms with E-state index in [2.05, 4.69) is 94.7 Å². The minimum Gasteiger partial charge on any atom is -0.340 e. The molecule has 34 heavy (non-hydrogen) atoms. The highest BCUT2D eigenvalue weighted by Gasteiger charge is 2.27. The van der Waals surface area contributed by atoms with Crippen LogP contribution in [-0.4, -0.2) is 18.1 Å². The monoisotopic (exact) mass is 441 g/mol. The molecule has 3 nitrogen and oxygen atoms in total. The fourth-order valence-electron chi connectivity index (χ4n) is 6.05. The lowest BCUT2D eigenvalue weighted by molar-refractivity contribution is 0.767. The third-order valence-electron chi connectivity index (χ3n) is 7.48. The molecule has 0 atom stereocenters. The van der Waals surface area contributed by atoms with Crippen molar-refractivity contribution in [3.8, 4) is 0 Å². The van der Waals surface area contributed by atoms with Gasteiger partial charge in [0, 0.05) is 46.8 Å². The molecule has 0 radical (unpaired) electrons. The Morgan fingerprint density at radius 2 is 1.06 bits per heavy atom. The molecular weight excluding hydrogens is 414 g/mol. The van der Waals surface area contributed by atoms with Gasteiger partial charge in [0.2, 0.25) is 0 Å². The summed E-state index contributed by atoms with van der Waals surface area (Å²) in [4.78, 5) is 10.1. The van der Waals surface area contributed by atoms with Crippen molar-refractivity contribution in [3.05, 3.63) is 102 Å². The van der Waals surface area contributed by atoms with Crippen LogP contribution in [-0.2, 0) is 12.8 Å². The van der Waals surface area contributed by atoms with Gasteiger partial charge in [0.1, 0.15) is 0 Å². The van der Waals surface area contributed by atoms with Crippen LogP contribution in [0.25, 0.3) is 21.7 Å². The highest BCUT2D eigenvalue weighted by atomic mass is 15.2. The Morgan fingerprint density at radius 1 is 0.529 bits per heavy atom. The third kappa shape index (κ3) is 2.93. The van der Waals surface area contributed by atoms with Gasteiger partial charge in [-0.3, -0.25) is 4.98 Å². The molecule has 0 amide bonds. The molecule has 5 aromatic rings. The van der Waals surface area contributed by atoms with E-state index in [0.29, 0.717) is 0 Å². The van der Waals surface area contributed by atoms with E-state index < -0.39 is 0 Å². The van der Waals surface area contributed by atoms with Crippen molar-refractivity contribution < 1.29 is 0 Å². The second kappa shape index (κ2) is 7.88. The Balaban J connectivity index is 1.56. The van der Waals surface area contributed by atoms with Crippen molar-refractivity contribution in [3.63, 3.8) is 0 Å². The van der Waals surface area contributed by atoms with Gasteiger partial charge in [0.05, 0.1) is 16.9 Å². The summed E-state index contributed by atoms with van der Waals surface area (Å²) >= 11 is 0. The molecule has 0 spiro atoms. The fraction of sp³-hybridized carbons (Fsp3) is 0.194. The van der Waals surface area contributed by atoms with Crippen LogP contribution in [0.3, 0.4) is 0 Å². The zero-order valence-corrected chi connectivity index (χ0v) is 19.2. The molecule has 0 N–H and O–H groups in total. The quantitative estimate of drug-likeness (QED) is 0.264. The summed E-state index contributed by atoms with van der Waals surface area (Å²) in [6, 6.07) is 31.0. The van der Waals surface area contributed by atoms with E-state index in [9.17, 15) is 0 Å². The largest absolute Gasteiger partial charge is 0.340 e. The molecule has 0 saturated carbocycles. The molecule has 0 aliphatic carbocycles. The van der Waals surface area contributed by atoms with Gasteiger partial charge in [-0.2, -0.15) is 0 Å². The first-order valence-electron chi connectivity index (χ1n) is 12.4. The number of pyridine rings is 1. The number of aromatic nitrogens is 1. The second-order valence-corrected chi connectivity index (χ2v) is 9.41. The van der Waals surface area contributed by atoms with Gasteiger partial charge >= 0.3 is 0 Å². The first-order valence-corrected chi connectivity index (χ1v) is 12.4. The second-order valence-electron chi connectivity index (χ2n) is 9.41. The average molecular weight is 442 g/mol. The number of hydrogen-bond acceptors (Lipinski definition) is 3. The van der Waals surface area contributed by atoms with Crippen LogP contribution in [0, 0.1) is 0 Å². The van der Waals surface area contributed by atoms with E-state index >= 15 is 0 Å². The Labute approximate surface area is 200 Å². The Morgan fingerprint density at radius 3 is 1.74 bits per heavy atom. The maximum atomic E-state index is 5.02. The standard InChI is InChI=1S/C31H27N3/c1-5-17-27-22(10-1)12-8-20-33(27)30-24-14-3-4-15-25(24)31(29-26(30)16-7-19-32-29)34-21-9-13-23-11-2-6-18-28(23)34/h1-7,10-11,14-19H,8-9,12-13,20-21H2. The van der Waals surface area contributed by atoms with Crippen molar-refractivity contribution in [1.29, 1.82) is 0 Å². The van der Waals surface area contributed by atoms with E-state index in [-0.39, 0.29) is 0 Å². The lowest BCUT2D eigenvalue weighted by Crippen LogP contribution is -2.27. The van der Waals surface area contributed by atoms with Gasteiger partial charge < -0.3 is 9.80 Å². The first kappa shape index (κ1) is 19.6. The smallest absolute Gasteiger partial charge is 0.0966 e. The minimum absolute atomic E-state index is 1.01. The summed E-state index contributed by atoms with van der Waals surface area (Å²) in [6.07, 6.45) is 6.54. The third-order valence-corrected chi connectivity index (χ3v) is 7.48. The molecule has 2 aliphatic rings. The lowest BCUT2D eigenvalue weighted by atomic mass is 9.94. The van der Waals surface area contributed by atoms with E-state index in [0.717, 1.165) is 44.3 Å². The molecule has 166 valence electrons.